The lowest BCUT2D eigenvalue weighted by atomic mass is 10.0. The maximum Gasteiger partial charge on any atom is 0.251 e. The van der Waals surface area contributed by atoms with E-state index in [2.05, 4.69) is 11.4 Å². The van der Waals surface area contributed by atoms with Gasteiger partial charge >= 0.3 is 0 Å². The Morgan fingerprint density at radius 1 is 0.926 bits per heavy atom. The summed E-state index contributed by atoms with van der Waals surface area (Å²) in [5.74, 6) is -0.246. The summed E-state index contributed by atoms with van der Waals surface area (Å²) >= 11 is 0. The molecule has 3 aromatic rings. The van der Waals surface area contributed by atoms with E-state index in [1.807, 2.05) is 43.3 Å². The van der Waals surface area contributed by atoms with Gasteiger partial charge in [0.2, 0.25) is 10.0 Å². The summed E-state index contributed by atoms with van der Waals surface area (Å²) in [6.07, 6.45) is 0. The van der Waals surface area contributed by atoms with Gasteiger partial charge in [0, 0.05) is 19.7 Å². The topological polar surface area (TPSA) is 66.5 Å². The van der Waals surface area contributed by atoms with Crippen LogP contribution in [0.2, 0.25) is 0 Å². The van der Waals surface area contributed by atoms with Crippen molar-refractivity contribution in [2.45, 2.75) is 17.9 Å². The number of nitrogens with zero attached hydrogens (tertiary/aromatic N) is 1. The Morgan fingerprint density at radius 3 is 2.19 bits per heavy atom. The molecule has 0 heterocycles. The first-order chi connectivity index (χ1) is 12.8. The second-order valence-electron chi connectivity index (χ2n) is 6.61. The van der Waals surface area contributed by atoms with Crippen LogP contribution in [0.25, 0.3) is 10.8 Å². The predicted octanol–water partition coefficient (Wildman–Crippen LogP) is 3.58. The van der Waals surface area contributed by atoms with Crippen molar-refractivity contribution in [3.05, 3.63) is 77.9 Å². The molecule has 3 rings (SSSR count). The number of fused-ring (bicyclic) bond motifs is 1. The van der Waals surface area contributed by atoms with Crippen LogP contribution in [0.15, 0.2) is 71.6 Å². The third kappa shape index (κ3) is 4.02. The number of hydrogen-bond acceptors (Lipinski definition) is 3. The van der Waals surface area contributed by atoms with Crippen molar-refractivity contribution in [2.24, 2.45) is 0 Å². The van der Waals surface area contributed by atoms with Gasteiger partial charge in [-0.3, -0.25) is 4.79 Å². The van der Waals surface area contributed by atoms with E-state index in [9.17, 15) is 13.2 Å². The van der Waals surface area contributed by atoms with Crippen LogP contribution in [0.1, 0.15) is 28.9 Å². The first-order valence-corrected chi connectivity index (χ1v) is 10.1. The quantitative estimate of drug-likeness (QED) is 0.733. The molecule has 0 saturated heterocycles. The molecule has 0 saturated carbocycles. The van der Waals surface area contributed by atoms with Crippen molar-refractivity contribution in [3.63, 3.8) is 0 Å². The number of carbonyl (C=O) groups excluding carboxylic acids is 1. The van der Waals surface area contributed by atoms with Crippen LogP contribution in [0, 0.1) is 0 Å². The highest BCUT2D eigenvalue weighted by atomic mass is 32.2. The second-order valence-corrected chi connectivity index (χ2v) is 8.77. The zero-order chi connectivity index (χ0) is 19.6. The fraction of sp³-hybridized carbons (Fsp3) is 0.190. The normalized spacial score (nSPS) is 12.9. The molecule has 0 radical (unpaired) electrons. The van der Waals surface area contributed by atoms with E-state index < -0.39 is 10.0 Å². The Labute approximate surface area is 159 Å². The summed E-state index contributed by atoms with van der Waals surface area (Å²) in [5.41, 5.74) is 1.43. The molecule has 27 heavy (non-hydrogen) atoms. The van der Waals surface area contributed by atoms with Gasteiger partial charge in [-0.1, -0.05) is 36.4 Å². The van der Waals surface area contributed by atoms with Gasteiger partial charge < -0.3 is 5.32 Å². The van der Waals surface area contributed by atoms with Gasteiger partial charge in [0.25, 0.3) is 5.91 Å². The summed E-state index contributed by atoms with van der Waals surface area (Å²) in [4.78, 5) is 12.7. The Kier molecular flexibility index (Phi) is 5.30. The van der Waals surface area contributed by atoms with E-state index in [4.69, 9.17) is 0 Å². The molecule has 1 unspecified atom stereocenters. The summed E-state index contributed by atoms with van der Waals surface area (Å²) in [5, 5.41) is 5.23. The number of benzene rings is 3. The van der Waals surface area contributed by atoms with E-state index >= 15 is 0 Å². The minimum absolute atomic E-state index is 0.159. The third-order valence-corrected chi connectivity index (χ3v) is 6.35. The average molecular weight is 382 g/mol. The molecule has 0 spiro atoms. The second kappa shape index (κ2) is 7.50. The number of nitrogens with one attached hydrogen (secondary N) is 1. The van der Waals surface area contributed by atoms with E-state index in [1.54, 1.807) is 0 Å². The number of sulfonamides is 1. The molecule has 1 amide bonds. The Balaban J connectivity index is 1.76. The SMILES string of the molecule is CC(NC(=O)c1ccc(S(=O)(=O)N(C)C)cc1)c1ccc2ccccc2c1. The van der Waals surface area contributed by atoms with Crippen LogP contribution < -0.4 is 5.32 Å². The lowest BCUT2D eigenvalue weighted by Crippen LogP contribution is -2.27. The first-order valence-electron chi connectivity index (χ1n) is 8.61. The number of hydrogen-bond donors (Lipinski definition) is 1. The fourth-order valence-corrected chi connectivity index (χ4v) is 3.73. The maximum absolute atomic E-state index is 12.5. The molecule has 0 aliphatic heterocycles. The van der Waals surface area contributed by atoms with Crippen LogP contribution in [0.4, 0.5) is 0 Å². The standard InChI is InChI=1S/C21H22N2O3S/c1-15(18-9-8-16-6-4-5-7-19(16)14-18)22-21(24)17-10-12-20(13-11-17)27(25,26)23(2)3/h4-15H,1-3H3,(H,22,24). The maximum atomic E-state index is 12.5. The monoisotopic (exact) mass is 382 g/mol. The molecule has 6 heteroatoms. The van der Waals surface area contributed by atoms with E-state index in [1.165, 1.54) is 38.4 Å². The lowest BCUT2D eigenvalue weighted by molar-refractivity contribution is 0.0940. The molecular formula is C21H22N2O3S. The van der Waals surface area contributed by atoms with E-state index in [0.717, 1.165) is 20.6 Å². The Morgan fingerprint density at radius 2 is 1.56 bits per heavy atom. The van der Waals surface area contributed by atoms with Gasteiger partial charge in [-0.25, -0.2) is 12.7 Å². The summed E-state index contributed by atoms with van der Waals surface area (Å²) < 4.78 is 25.4. The van der Waals surface area contributed by atoms with Crippen molar-refractivity contribution in [2.75, 3.05) is 14.1 Å². The molecule has 0 fully saturated rings. The van der Waals surface area contributed by atoms with Crippen LogP contribution in [0.5, 0.6) is 0 Å². The molecule has 0 bridgehead atoms. The van der Waals surface area contributed by atoms with Crippen molar-refractivity contribution in [3.8, 4) is 0 Å². The van der Waals surface area contributed by atoms with Crippen LogP contribution in [-0.4, -0.2) is 32.7 Å². The zero-order valence-corrected chi connectivity index (χ0v) is 16.3. The van der Waals surface area contributed by atoms with Crippen molar-refractivity contribution in [1.29, 1.82) is 0 Å². The summed E-state index contributed by atoms with van der Waals surface area (Å²) in [7, 11) is -0.558. The highest BCUT2D eigenvalue weighted by molar-refractivity contribution is 7.89. The molecule has 3 aromatic carbocycles. The molecule has 0 aliphatic rings. The van der Waals surface area contributed by atoms with Gasteiger partial charge in [0.05, 0.1) is 10.9 Å². The summed E-state index contributed by atoms with van der Waals surface area (Å²) in [6.45, 7) is 1.92. The number of amides is 1. The highest BCUT2D eigenvalue weighted by Gasteiger charge is 2.18. The van der Waals surface area contributed by atoms with Crippen LogP contribution in [-0.2, 0) is 10.0 Å². The van der Waals surface area contributed by atoms with Gasteiger partial charge in [0.1, 0.15) is 0 Å². The van der Waals surface area contributed by atoms with Gasteiger partial charge in [-0.2, -0.15) is 0 Å². The predicted molar refractivity (Wildman–Crippen MR) is 107 cm³/mol. The van der Waals surface area contributed by atoms with Crippen molar-refractivity contribution in [1.82, 2.24) is 9.62 Å². The third-order valence-electron chi connectivity index (χ3n) is 4.52. The first kappa shape index (κ1) is 19.1. The molecule has 5 nitrogen and oxygen atoms in total. The van der Waals surface area contributed by atoms with E-state index in [0.29, 0.717) is 5.56 Å². The Hall–Kier alpha value is -2.70. The largest absolute Gasteiger partial charge is 0.346 e. The molecular weight excluding hydrogens is 360 g/mol. The van der Waals surface area contributed by atoms with Crippen molar-refractivity contribution < 1.29 is 13.2 Å². The van der Waals surface area contributed by atoms with Gasteiger partial charge in [0.15, 0.2) is 0 Å². The molecule has 0 aliphatic carbocycles. The van der Waals surface area contributed by atoms with Crippen LogP contribution in [0.3, 0.4) is 0 Å². The molecule has 140 valence electrons. The number of carbonyl (C=O) groups is 1. The van der Waals surface area contributed by atoms with Gasteiger partial charge in [-0.15, -0.1) is 0 Å². The molecule has 1 N–H and O–H groups in total. The molecule has 0 aromatic heterocycles. The fourth-order valence-electron chi connectivity index (χ4n) is 2.83. The van der Waals surface area contributed by atoms with Gasteiger partial charge in [-0.05, 0) is 53.6 Å². The average Bonchev–Trinajstić information content (AvgIpc) is 2.67. The highest BCUT2D eigenvalue weighted by Crippen LogP contribution is 2.21. The minimum Gasteiger partial charge on any atom is -0.346 e. The van der Waals surface area contributed by atoms with Crippen LogP contribution >= 0.6 is 0 Å². The number of rotatable bonds is 5. The van der Waals surface area contributed by atoms with Crippen molar-refractivity contribution >= 4 is 26.7 Å². The lowest BCUT2D eigenvalue weighted by Gasteiger charge is -2.16. The van der Waals surface area contributed by atoms with E-state index in [-0.39, 0.29) is 16.8 Å². The molecule has 1 atom stereocenters. The smallest absolute Gasteiger partial charge is 0.251 e. The zero-order valence-electron chi connectivity index (χ0n) is 15.5. The Bertz CT molecular complexity index is 1070. The summed E-state index contributed by atoms with van der Waals surface area (Å²) in [6, 6.07) is 19.9. The minimum atomic E-state index is -3.50.